The molecule has 4 rings (SSSR count). The first kappa shape index (κ1) is 18.5. The number of pyridine rings is 1. The first-order valence-corrected chi connectivity index (χ1v) is 9.81. The second-order valence-electron chi connectivity index (χ2n) is 7.29. The van der Waals surface area contributed by atoms with Gasteiger partial charge in [0.2, 0.25) is 0 Å². The topological polar surface area (TPSA) is 58.9 Å². The number of benzene rings is 1. The van der Waals surface area contributed by atoms with Crippen molar-refractivity contribution < 1.29 is 9.53 Å². The molecule has 1 aromatic carbocycles. The number of hydrogen-bond acceptors (Lipinski definition) is 3. The van der Waals surface area contributed by atoms with E-state index in [2.05, 4.69) is 10.3 Å². The molecule has 146 valence electrons. The van der Waals surface area contributed by atoms with E-state index in [-0.39, 0.29) is 12.1 Å². The van der Waals surface area contributed by atoms with Crippen LogP contribution >= 0.6 is 0 Å². The summed E-state index contributed by atoms with van der Waals surface area (Å²) in [5.74, 6) is 0. The normalized spacial score (nSPS) is 16.4. The van der Waals surface area contributed by atoms with Gasteiger partial charge in [0, 0.05) is 31.6 Å². The average molecular weight is 378 g/mol. The molecule has 0 radical (unpaired) electrons. The Balaban J connectivity index is 1.43. The van der Waals surface area contributed by atoms with E-state index in [1.807, 2.05) is 71.0 Å². The van der Waals surface area contributed by atoms with Crippen molar-refractivity contribution in [2.45, 2.75) is 39.0 Å². The number of urea groups is 1. The summed E-state index contributed by atoms with van der Waals surface area (Å²) in [7, 11) is 0. The van der Waals surface area contributed by atoms with Gasteiger partial charge in [-0.15, -0.1) is 0 Å². The van der Waals surface area contributed by atoms with Crippen molar-refractivity contribution >= 4 is 11.7 Å². The van der Waals surface area contributed by atoms with Crippen LogP contribution in [0.3, 0.4) is 0 Å². The van der Waals surface area contributed by atoms with Gasteiger partial charge < -0.3 is 19.4 Å². The van der Waals surface area contributed by atoms with Crippen molar-refractivity contribution in [3.05, 3.63) is 71.7 Å². The lowest BCUT2D eigenvalue weighted by Crippen LogP contribution is -2.43. The third-order valence-corrected chi connectivity index (χ3v) is 5.12. The molecule has 1 atom stereocenters. The highest BCUT2D eigenvalue weighted by molar-refractivity contribution is 5.74. The second-order valence-corrected chi connectivity index (χ2v) is 7.29. The number of aromatic nitrogens is 2. The molecular weight excluding hydrogens is 352 g/mol. The van der Waals surface area contributed by atoms with Crippen LogP contribution in [0.25, 0.3) is 5.65 Å². The molecule has 1 aliphatic heterocycles. The maximum absolute atomic E-state index is 12.9. The van der Waals surface area contributed by atoms with Crippen molar-refractivity contribution in [1.82, 2.24) is 19.6 Å². The Morgan fingerprint density at radius 2 is 2.11 bits per heavy atom. The molecule has 0 spiro atoms. The van der Waals surface area contributed by atoms with Gasteiger partial charge in [0.25, 0.3) is 0 Å². The Kier molecular flexibility index (Phi) is 5.58. The van der Waals surface area contributed by atoms with Crippen molar-refractivity contribution in [3.63, 3.8) is 0 Å². The monoisotopic (exact) mass is 378 g/mol. The molecule has 28 heavy (non-hydrogen) atoms. The van der Waals surface area contributed by atoms with E-state index in [4.69, 9.17) is 4.74 Å². The van der Waals surface area contributed by atoms with Crippen molar-refractivity contribution in [2.75, 3.05) is 13.2 Å². The highest BCUT2D eigenvalue weighted by Crippen LogP contribution is 2.15. The molecule has 0 saturated carbocycles. The fraction of sp³-hybridized carbons (Fsp3) is 0.364. The maximum Gasteiger partial charge on any atom is 0.318 e. The number of aryl methyl sites for hydroxylation is 1. The zero-order chi connectivity index (χ0) is 19.3. The molecule has 0 aliphatic carbocycles. The molecule has 3 heterocycles. The molecule has 0 unspecified atom stereocenters. The summed E-state index contributed by atoms with van der Waals surface area (Å²) >= 11 is 0. The average Bonchev–Trinajstić information content (AvgIpc) is 3.36. The third-order valence-electron chi connectivity index (χ3n) is 5.12. The maximum atomic E-state index is 12.9. The minimum absolute atomic E-state index is 0.0897. The van der Waals surface area contributed by atoms with Gasteiger partial charge in [-0.25, -0.2) is 9.78 Å². The van der Waals surface area contributed by atoms with E-state index >= 15 is 0 Å². The summed E-state index contributed by atoms with van der Waals surface area (Å²) in [6, 6.07) is 16.0. The van der Waals surface area contributed by atoms with Crippen LogP contribution in [-0.2, 0) is 17.8 Å². The minimum atomic E-state index is -0.0897. The lowest BCUT2D eigenvalue weighted by Gasteiger charge is -2.25. The molecule has 0 bridgehead atoms. The quantitative estimate of drug-likeness (QED) is 0.714. The van der Waals surface area contributed by atoms with Crippen LogP contribution in [0.4, 0.5) is 4.79 Å². The van der Waals surface area contributed by atoms with Gasteiger partial charge in [-0.05, 0) is 37.5 Å². The number of nitrogens with zero attached hydrogens (tertiary/aromatic N) is 3. The highest BCUT2D eigenvalue weighted by Gasteiger charge is 2.23. The molecule has 3 aromatic rings. The molecule has 1 N–H and O–H groups in total. The Labute approximate surface area is 165 Å². The number of fused-ring (bicyclic) bond motifs is 1. The summed E-state index contributed by atoms with van der Waals surface area (Å²) in [4.78, 5) is 19.4. The number of ether oxygens (including phenoxy) is 1. The lowest BCUT2D eigenvalue weighted by atomic mass is 10.2. The second kappa shape index (κ2) is 8.44. The smallest absolute Gasteiger partial charge is 0.318 e. The summed E-state index contributed by atoms with van der Waals surface area (Å²) in [5, 5.41) is 3.03. The molecule has 1 fully saturated rings. The number of hydrogen-bond donors (Lipinski definition) is 1. The van der Waals surface area contributed by atoms with Crippen LogP contribution in [0.2, 0.25) is 0 Å². The molecule has 6 nitrogen and oxygen atoms in total. The fourth-order valence-corrected chi connectivity index (χ4v) is 3.62. The van der Waals surface area contributed by atoms with Gasteiger partial charge in [-0.3, -0.25) is 0 Å². The Morgan fingerprint density at radius 3 is 2.86 bits per heavy atom. The first-order chi connectivity index (χ1) is 13.7. The molecule has 2 aromatic heterocycles. The summed E-state index contributed by atoms with van der Waals surface area (Å²) < 4.78 is 7.79. The SMILES string of the molecule is Cc1cccc2nc(CNC(=O)N(Cc3ccccc3)C[C@@H]3CCCO3)cn12. The number of amides is 2. The Morgan fingerprint density at radius 1 is 1.25 bits per heavy atom. The van der Waals surface area contributed by atoms with Gasteiger partial charge >= 0.3 is 6.03 Å². The molecule has 2 amide bonds. The Hall–Kier alpha value is -2.86. The van der Waals surface area contributed by atoms with Gasteiger partial charge in [-0.1, -0.05) is 36.4 Å². The molecule has 1 aliphatic rings. The number of imidazole rings is 1. The van der Waals surface area contributed by atoms with E-state index in [1.54, 1.807) is 0 Å². The van der Waals surface area contributed by atoms with Crippen LogP contribution < -0.4 is 5.32 Å². The van der Waals surface area contributed by atoms with Crippen molar-refractivity contribution in [2.24, 2.45) is 0 Å². The van der Waals surface area contributed by atoms with E-state index in [1.165, 1.54) is 0 Å². The van der Waals surface area contributed by atoms with E-state index in [0.717, 1.165) is 42.0 Å². The molecule has 1 saturated heterocycles. The summed E-state index contributed by atoms with van der Waals surface area (Å²) in [5.41, 5.74) is 3.97. The zero-order valence-electron chi connectivity index (χ0n) is 16.2. The molecular formula is C22H26N4O2. The van der Waals surface area contributed by atoms with Gasteiger partial charge in [0.15, 0.2) is 0 Å². The van der Waals surface area contributed by atoms with E-state index < -0.39 is 0 Å². The number of rotatable bonds is 6. The number of carbonyl (C=O) groups excluding carboxylic acids is 1. The Bertz CT molecular complexity index is 932. The standard InChI is InChI=1S/C22H26N4O2/c1-17-7-5-11-21-24-19(15-26(17)21)13-23-22(27)25(16-20-10-6-12-28-20)14-18-8-3-2-4-9-18/h2-5,7-9,11,15,20H,6,10,12-14,16H2,1H3,(H,23,27)/t20-/m0/s1. The lowest BCUT2D eigenvalue weighted by molar-refractivity contribution is 0.0794. The van der Waals surface area contributed by atoms with Crippen LogP contribution in [0, 0.1) is 6.92 Å². The van der Waals surface area contributed by atoms with Crippen molar-refractivity contribution in [3.8, 4) is 0 Å². The number of carbonyl (C=O) groups is 1. The summed E-state index contributed by atoms with van der Waals surface area (Å²) in [6.45, 7) is 4.39. The minimum Gasteiger partial charge on any atom is -0.376 e. The van der Waals surface area contributed by atoms with E-state index in [0.29, 0.717) is 19.6 Å². The number of nitrogens with one attached hydrogen (secondary N) is 1. The molecule has 6 heteroatoms. The van der Waals surface area contributed by atoms with Gasteiger partial charge in [0.1, 0.15) is 5.65 Å². The van der Waals surface area contributed by atoms with Crippen molar-refractivity contribution in [1.29, 1.82) is 0 Å². The van der Waals surface area contributed by atoms with Gasteiger partial charge in [-0.2, -0.15) is 0 Å². The predicted molar refractivity (Wildman–Crippen MR) is 108 cm³/mol. The first-order valence-electron chi connectivity index (χ1n) is 9.81. The summed E-state index contributed by atoms with van der Waals surface area (Å²) in [6.07, 6.45) is 4.16. The van der Waals surface area contributed by atoms with E-state index in [9.17, 15) is 4.79 Å². The third kappa shape index (κ3) is 4.34. The highest BCUT2D eigenvalue weighted by atomic mass is 16.5. The largest absolute Gasteiger partial charge is 0.376 e. The van der Waals surface area contributed by atoms with Crippen LogP contribution in [0.5, 0.6) is 0 Å². The van der Waals surface area contributed by atoms with Crippen LogP contribution in [-0.4, -0.2) is 39.6 Å². The van der Waals surface area contributed by atoms with Gasteiger partial charge in [0.05, 0.1) is 18.3 Å². The zero-order valence-corrected chi connectivity index (χ0v) is 16.2. The van der Waals surface area contributed by atoms with Crippen LogP contribution in [0.1, 0.15) is 29.8 Å². The van der Waals surface area contributed by atoms with Crippen LogP contribution in [0.15, 0.2) is 54.7 Å². The predicted octanol–water partition coefficient (Wildman–Crippen LogP) is 3.53. The fourth-order valence-electron chi connectivity index (χ4n) is 3.62.